The van der Waals surface area contributed by atoms with Gasteiger partial charge < -0.3 is 14.5 Å². The van der Waals surface area contributed by atoms with E-state index in [-0.39, 0.29) is 0 Å². The minimum absolute atomic E-state index is 0.481. The Labute approximate surface area is 128 Å². The number of ether oxygens (including phenoxy) is 2. The number of hydrogen-bond acceptors (Lipinski definition) is 3. The van der Waals surface area contributed by atoms with Crippen molar-refractivity contribution in [1.82, 2.24) is 9.97 Å². The van der Waals surface area contributed by atoms with E-state index in [1.54, 1.807) is 12.1 Å². The zero-order chi connectivity index (χ0) is 16.0. The van der Waals surface area contributed by atoms with Crippen LogP contribution in [0.15, 0.2) is 36.4 Å². The normalized spacial score (nSPS) is 14.2. The summed E-state index contributed by atoms with van der Waals surface area (Å²) >= 11 is 0. The molecule has 23 heavy (non-hydrogen) atoms. The van der Waals surface area contributed by atoms with Gasteiger partial charge in [-0.1, -0.05) is 12.1 Å². The van der Waals surface area contributed by atoms with Gasteiger partial charge in [-0.15, -0.1) is 0 Å². The quantitative estimate of drug-likeness (QED) is 0.736. The highest BCUT2D eigenvalue weighted by Gasteiger charge is 2.30. The molecule has 0 radical (unpaired) electrons. The molecule has 0 amide bonds. The van der Waals surface area contributed by atoms with Crippen molar-refractivity contribution in [2.75, 3.05) is 13.2 Å². The third kappa shape index (κ3) is 2.48. The van der Waals surface area contributed by atoms with Gasteiger partial charge in [-0.3, -0.25) is 0 Å². The molecular formula is C16H11F3N2O2. The first kappa shape index (κ1) is 13.9. The van der Waals surface area contributed by atoms with E-state index in [9.17, 15) is 13.2 Å². The molecule has 0 unspecified atom stereocenters. The molecule has 0 bridgehead atoms. The standard InChI is InChI=1S/C16H11F3N2O2/c17-16(18,19)10-3-1-9(2-4-10)15-20-11-7-13-14(8-12(11)21-15)23-6-5-22-13/h1-4,7-8H,5-6H2,(H,20,21). The number of alkyl halides is 3. The van der Waals surface area contributed by atoms with Crippen LogP contribution in [0.2, 0.25) is 0 Å². The molecule has 1 aliphatic rings. The Hall–Kier alpha value is -2.70. The van der Waals surface area contributed by atoms with Crippen LogP contribution >= 0.6 is 0 Å². The van der Waals surface area contributed by atoms with Crippen molar-refractivity contribution in [2.24, 2.45) is 0 Å². The van der Waals surface area contributed by atoms with Gasteiger partial charge in [0.25, 0.3) is 0 Å². The van der Waals surface area contributed by atoms with E-state index in [0.717, 1.165) is 17.6 Å². The lowest BCUT2D eigenvalue weighted by molar-refractivity contribution is -0.137. The van der Waals surface area contributed by atoms with Crippen molar-refractivity contribution >= 4 is 11.0 Å². The molecule has 3 aromatic rings. The van der Waals surface area contributed by atoms with Crippen LogP contribution in [0.5, 0.6) is 11.5 Å². The second kappa shape index (κ2) is 4.91. The van der Waals surface area contributed by atoms with E-state index in [1.165, 1.54) is 12.1 Å². The second-order valence-electron chi connectivity index (χ2n) is 5.17. The minimum Gasteiger partial charge on any atom is -0.486 e. The van der Waals surface area contributed by atoms with E-state index < -0.39 is 11.7 Å². The number of imidazole rings is 1. The molecule has 1 aliphatic heterocycles. The highest BCUT2D eigenvalue weighted by molar-refractivity contribution is 5.83. The van der Waals surface area contributed by atoms with E-state index in [1.807, 2.05) is 0 Å². The summed E-state index contributed by atoms with van der Waals surface area (Å²) in [7, 11) is 0. The molecule has 0 atom stereocenters. The van der Waals surface area contributed by atoms with E-state index >= 15 is 0 Å². The molecule has 0 aliphatic carbocycles. The number of benzene rings is 2. The van der Waals surface area contributed by atoms with Crippen molar-refractivity contribution in [3.05, 3.63) is 42.0 Å². The van der Waals surface area contributed by atoms with Gasteiger partial charge in [0.2, 0.25) is 0 Å². The average Bonchev–Trinajstić information content (AvgIpc) is 2.94. The van der Waals surface area contributed by atoms with Gasteiger partial charge in [-0.25, -0.2) is 4.98 Å². The highest BCUT2D eigenvalue weighted by Crippen LogP contribution is 2.35. The fourth-order valence-electron chi connectivity index (χ4n) is 2.50. The molecule has 0 saturated carbocycles. The third-order valence-corrected chi connectivity index (χ3v) is 3.63. The first-order valence-corrected chi connectivity index (χ1v) is 6.98. The highest BCUT2D eigenvalue weighted by atomic mass is 19.4. The third-order valence-electron chi connectivity index (χ3n) is 3.63. The summed E-state index contributed by atoms with van der Waals surface area (Å²) in [6.07, 6.45) is -4.35. The van der Waals surface area contributed by atoms with Crippen molar-refractivity contribution in [3.63, 3.8) is 0 Å². The largest absolute Gasteiger partial charge is 0.486 e. The Morgan fingerprint density at radius 2 is 1.61 bits per heavy atom. The fraction of sp³-hybridized carbons (Fsp3) is 0.188. The molecule has 118 valence electrons. The Bertz CT molecular complexity index is 826. The number of aromatic nitrogens is 2. The Balaban J connectivity index is 1.74. The molecule has 0 saturated heterocycles. The number of H-pyrrole nitrogens is 1. The van der Waals surface area contributed by atoms with Crippen LogP contribution in [0, 0.1) is 0 Å². The molecule has 7 heteroatoms. The molecule has 4 rings (SSSR count). The first-order valence-electron chi connectivity index (χ1n) is 6.98. The van der Waals surface area contributed by atoms with Crippen LogP contribution in [0.25, 0.3) is 22.4 Å². The van der Waals surface area contributed by atoms with Crippen LogP contribution in [0.1, 0.15) is 5.56 Å². The summed E-state index contributed by atoms with van der Waals surface area (Å²) in [5.41, 5.74) is 1.30. The Morgan fingerprint density at radius 3 is 2.26 bits per heavy atom. The van der Waals surface area contributed by atoms with Crippen molar-refractivity contribution in [2.45, 2.75) is 6.18 Å². The number of fused-ring (bicyclic) bond motifs is 2. The van der Waals surface area contributed by atoms with Crippen LogP contribution in [-0.4, -0.2) is 23.2 Å². The predicted molar refractivity (Wildman–Crippen MR) is 77.5 cm³/mol. The monoisotopic (exact) mass is 320 g/mol. The number of nitrogens with zero attached hydrogens (tertiary/aromatic N) is 1. The fourth-order valence-corrected chi connectivity index (χ4v) is 2.50. The zero-order valence-electron chi connectivity index (χ0n) is 11.8. The molecule has 2 aromatic carbocycles. The van der Waals surface area contributed by atoms with Crippen molar-refractivity contribution in [1.29, 1.82) is 0 Å². The lowest BCUT2D eigenvalue weighted by atomic mass is 10.1. The number of nitrogens with one attached hydrogen (secondary N) is 1. The predicted octanol–water partition coefficient (Wildman–Crippen LogP) is 4.02. The summed E-state index contributed by atoms with van der Waals surface area (Å²) in [6.45, 7) is 0.965. The summed E-state index contributed by atoms with van der Waals surface area (Å²) in [6, 6.07) is 8.42. The van der Waals surface area contributed by atoms with Crippen LogP contribution in [0.3, 0.4) is 0 Å². The summed E-state index contributed by atoms with van der Waals surface area (Å²) in [5.74, 6) is 1.75. The maximum atomic E-state index is 12.6. The SMILES string of the molecule is FC(F)(F)c1ccc(-c2nc3cc4c(cc3[nH]2)OCCO4)cc1. The molecule has 1 N–H and O–H groups in total. The number of halogens is 3. The molecular weight excluding hydrogens is 309 g/mol. The van der Waals surface area contributed by atoms with Crippen LogP contribution in [-0.2, 0) is 6.18 Å². The maximum absolute atomic E-state index is 12.6. The van der Waals surface area contributed by atoms with Gasteiger partial charge in [0.05, 0.1) is 16.6 Å². The lowest BCUT2D eigenvalue weighted by Gasteiger charge is -2.17. The van der Waals surface area contributed by atoms with E-state index in [4.69, 9.17) is 9.47 Å². The maximum Gasteiger partial charge on any atom is 0.416 e. The van der Waals surface area contributed by atoms with Crippen LogP contribution < -0.4 is 9.47 Å². The smallest absolute Gasteiger partial charge is 0.416 e. The second-order valence-corrected chi connectivity index (χ2v) is 5.17. The van der Waals surface area contributed by atoms with E-state index in [2.05, 4.69) is 9.97 Å². The van der Waals surface area contributed by atoms with Gasteiger partial charge in [0.15, 0.2) is 11.5 Å². The summed E-state index contributed by atoms with van der Waals surface area (Å²) < 4.78 is 48.8. The van der Waals surface area contributed by atoms with Crippen LogP contribution in [0.4, 0.5) is 13.2 Å². The number of hydrogen-bond donors (Lipinski definition) is 1. The molecule has 4 nitrogen and oxygen atoms in total. The van der Waals surface area contributed by atoms with Gasteiger partial charge in [0.1, 0.15) is 19.0 Å². The minimum atomic E-state index is -4.35. The van der Waals surface area contributed by atoms with Crippen molar-refractivity contribution < 1.29 is 22.6 Å². The van der Waals surface area contributed by atoms with Gasteiger partial charge >= 0.3 is 6.18 Å². The van der Waals surface area contributed by atoms with Gasteiger partial charge in [-0.05, 0) is 12.1 Å². The topological polar surface area (TPSA) is 47.1 Å². The van der Waals surface area contributed by atoms with Crippen molar-refractivity contribution in [3.8, 4) is 22.9 Å². The van der Waals surface area contributed by atoms with E-state index in [0.29, 0.717) is 41.6 Å². The molecule has 1 aromatic heterocycles. The first-order chi connectivity index (χ1) is 11.0. The average molecular weight is 320 g/mol. The Morgan fingerprint density at radius 1 is 0.957 bits per heavy atom. The summed E-state index contributed by atoms with van der Waals surface area (Å²) in [5, 5.41) is 0. The lowest BCUT2D eigenvalue weighted by Crippen LogP contribution is -2.15. The number of aromatic amines is 1. The molecule has 0 spiro atoms. The molecule has 2 heterocycles. The van der Waals surface area contributed by atoms with Gasteiger partial charge in [0, 0.05) is 17.7 Å². The Kier molecular flexibility index (Phi) is 2.97. The summed E-state index contributed by atoms with van der Waals surface area (Å²) in [4.78, 5) is 7.50. The van der Waals surface area contributed by atoms with Gasteiger partial charge in [-0.2, -0.15) is 13.2 Å². The number of rotatable bonds is 1. The zero-order valence-corrected chi connectivity index (χ0v) is 11.8. The molecule has 0 fully saturated rings.